The summed E-state index contributed by atoms with van der Waals surface area (Å²) < 4.78 is 13.4. The van der Waals surface area contributed by atoms with Gasteiger partial charge in [0.25, 0.3) is 0 Å². The lowest BCUT2D eigenvalue weighted by Gasteiger charge is -2.29. The number of amides is 1. The first-order valence-electron chi connectivity index (χ1n) is 14.1. The number of hydrogen-bond acceptors (Lipinski definition) is 7. The molecule has 1 aromatic heterocycles. The molecule has 0 bridgehead atoms. The Hall–Kier alpha value is -2.52. The first-order valence-corrected chi connectivity index (χ1v) is 15.9. The van der Waals surface area contributed by atoms with Crippen LogP contribution in [0.4, 0.5) is 10.6 Å². The standard InChI is InChI=1S/C31H39BrN4O3S/c1-7-40-29-33-26-24(28(34-29)35(6)22-15-16-36(18-22)30(37)39-31(3,4)5)17-23(21-13-14-21)25(32)27(26)38-19(2)20-11-9-8-10-12-20/h8-12,17,19,21-22H,7,13-16,18H2,1-6H3/t19-,22-/m0/s1. The summed E-state index contributed by atoms with van der Waals surface area (Å²) in [7, 11) is 2.08. The van der Waals surface area contributed by atoms with Gasteiger partial charge in [-0.15, -0.1) is 0 Å². The molecule has 2 aliphatic rings. The molecule has 9 heteroatoms. The van der Waals surface area contributed by atoms with E-state index in [9.17, 15) is 4.79 Å². The minimum Gasteiger partial charge on any atom is -0.483 e. The summed E-state index contributed by atoms with van der Waals surface area (Å²) in [5.74, 6) is 3.02. The molecule has 2 fully saturated rings. The van der Waals surface area contributed by atoms with Gasteiger partial charge in [-0.05, 0) is 91.8 Å². The maximum atomic E-state index is 12.8. The predicted molar refractivity (Wildman–Crippen MR) is 166 cm³/mol. The number of carbonyl (C=O) groups is 1. The van der Waals surface area contributed by atoms with Gasteiger partial charge in [0.15, 0.2) is 10.9 Å². The van der Waals surface area contributed by atoms with Crippen molar-refractivity contribution >= 4 is 50.5 Å². The van der Waals surface area contributed by atoms with E-state index < -0.39 is 5.60 Å². The molecule has 2 atom stereocenters. The molecule has 0 unspecified atom stereocenters. The van der Waals surface area contributed by atoms with E-state index in [0.717, 1.165) is 49.8 Å². The highest BCUT2D eigenvalue weighted by molar-refractivity contribution is 9.10. The molecule has 7 nitrogen and oxygen atoms in total. The Labute approximate surface area is 250 Å². The van der Waals surface area contributed by atoms with Crippen LogP contribution in [0.1, 0.15) is 77.0 Å². The molecular weight excluding hydrogens is 588 g/mol. The lowest BCUT2D eigenvalue weighted by molar-refractivity contribution is 0.0292. The van der Waals surface area contributed by atoms with Crippen LogP contribution in [0.15, 0.2) is 46.0 Å². The molecule has 2 aromatic carbocycles. The van der Waals surface area contributed by atoms with Crippen molar-refractivity contribution in [3.05, 3.63) is 52.0 Å². The normalized spacial score (nSPS) is 18.2. The van der Waals surface area contributed by atoms with Crippen LogP contribution >= 0.6 is 27.7 Å². The molecular formula is C31H39BrN4O3S. The highest BCUT2D eigenvalue weighted by atomic mass is 79.9. The largest absolute Gasteiger partial charge is 0.483 e. The summed E-state index contributed by atoms with van der Waals surface area (Å²) in [6.07, 6.45) is 2.77. The average molecular weight is 628 g/mol. The average Bonchev–Trinajstić information content (AvgIpc) is 3.63. The second kappa shape index (κ2) is 11.8. The summed E-state index contributed by atoms with van der Waals surface area (Å²) in [4.78, 5) is 26.9. The molecule has 40 heavy (non-hydrogen) atoms. The fourth-order valence-corrected chi connectivity index (χ4v) is 6.44. The number of nitrogens with zero attached hydrogens (tertiary/aromatic N) is 4. The van der Waals surface area contributed by atoms with E-state index in [4.69, 9.17) is 19.4 Å². The Morgan fingerprint density at radius 2 is 1.93 bits per heavy atom. The van der Waals surface area contributed by atoms with Crippen LogP contribution in [-0.2, 0) is 4.74 Å². The maximum absolute atomic E-state index is 12.8. The van der Waals surface area contributed by atoms with Crippen molar-refractivity contribution in [3.63, 3.8) is 0 Å². The number of fused-ring (bicyclic) bond motifs is 1. The van der Waals surface area contributed by atoms with Gasteiger partial charge in [0.2, 0.25) is 0 Å². The minimum absolute atomic E-state index is 0.116. The van der Waals surface area contributed by atoms with Crippen molar-refractivity contribution < 1.29 is 14.3 Å². The Morgan fingerprint density at radius 3 is 2.58 bits per heavy atom. The van der Waals surface area contributed by atoms with Gasteiger partial charge in [-0.3, -0.25) is 0 Å². The van der Waals surface area contributed by atoms with Crippen LogP contribution in [0.5, 0.6) is 5.75 Å². The number of anilines is 1. The van der Waals surface area contributed by atoms with Gasteiger partial charge in [-0.25, -0.2) is 14.8 Å². The van der Waals surface area contributed by atoms with Crippen LogP contribution in [-0.4, -0.2) is 58.5 Å². The van der Waals surface area contributed by atoms with E-state index in [0.29, 0.717) is 19.0 Å². The van der Waals surface area contributed by atoms with Crippen molar-refractivity contribution in [1.29, 1.82) is 0 Å². The summed E-state index contributed by atoms with van der Waals surface area (Å²) in [6.45, 7) is 11.1. The third-order valence-electron chi connectivity index (χ3n) is 7.42. The first-order chi connectivity index (χ1) is 19.1. The number of ether oxygens (including phenoxy) is 2. The van der Waals surface area contributed by atoms with E-state index in [1.165, 1.54) is 18.4 Å². The van der Waals surface area contributed by atoms with Gasteiger partial charge in [-0.1, -0.05) is 49.0 Å². The first kappa shape index (κ1) is 29.0. The van der Waals surface area contributed by atoms with E-state index in [2.05, 4.69) is 59.9 Å². The lowest BCUT2D eigenvalue weighted by atomic mass is 10.1. The number of hydrogen-bond donors (Lipinski definition) is 0. The Morgan fingerprint density at radius 1 is 1.20 bits per heavy atom. The number of rotatable bonds is 8. The molecule has 1 amide bonds. The molecule has 1 aliphatic heterocycles. The Balaban J connectivity index is 1.55. The van der Waals surface area contributed by atoms with Crippen molar-refractivity contribution in [3.8, 4) is 5.75 Å². The lowest BCUT2D eigenvalue weighted by Crippen LogP contribution is -2.39. The van der Waals surface area contributed by atoms with E-state index in [1.807, 2.05) is 39.0 Å². The van der Waals surface area contributed by atoms with E-state index in [1.54, 1.807) is 16.7 Å². The van der Waals surface area contributed by atoms with E-state index in [-0.39, 0.29) is 18.2 Å². The second-order valence-corrected chi connectivity index (χ2v) is 13.7. The summed E-state index contributed by atoms with van der Waals surface area (Å²) >= 11 is 5.54. The van der Waals surface area contributed by atoms with Crippen molar-refractivity contribution in [2.75, 3.05) is 30.8 Å². The topological polar surface area (TPSA) is 67.8 Å². The zero-order valence-electron chi connectivity index (χ0n) is 24.2. The number of likely N-dealkylation sites (N-methyl/N-ethyl adjacent to an activating group) is 1. The Bertz CT molecular complexity index is 1380. The predicted octanol–water partition coefficient (Wildman–Crippen LogP) is 7.97. The third-order valence-corrected chi connectivity index (χ3v) is 8.97. The molecule has 0 spiro atoms. The van der Waals surface area contributed by atoms with Gasteiger partial charge in [0, 0.05) is 31.6 Å². The van der Waals surface area contributed by atoms with Crippen LogP contribution in [0.25, 0.3) is 10.9 Å². The molecule has 2 heterocycles. The number of carbonyl (C=O) groups excluding carboxylic acids is 1. The van der Waals surface area contributed by atoms with Crippen molar-refractivity contribution in [2.24, 2.45) is 0 Å². The summed E-state index contributed by atoms with van der Waals surface area (Å²) in [5, 5.41) is 1.71. The smallest absolute Gasteiger partial charge is 0.410 e. The van der Waals surface area contributed by atoms with Gasteiger partial charge >= 0.3 is 6.09 Å². The van der Waals surface area contributed by atoms with Gasteiger partial charge in [0.1, 0.15) is 23.0 Å². The fraction of sp³-hybridized carbons (Fsp3) is 0.516. The third kappa shape index (κ3) is 6.35. The monoisotopic (exact) mass is 626 g/mol. The minimum atomic E-state index is -0.518. The van der Waals surface area contributed by atoms with Crippen LogP contribution < -0.4 is 9.64 Å². The number of halogens is 1. The number of thioether (sulfide) groups is 1. The SMILES string of the molecule is CCSc1nc(N(C)[C@H]2CCN(C(=O)OC(C)(C)C)C2)c2cc(C3CC3)c(Br)c(O[C@@H](C)c3ccccc3)c2n1. The quantitative estimate of drug-likeness (QED) is 0.185. The fourth-order valence-electron chi connectivity index (χ4n) is 5.15. The van der Waals surface area contributed by atoms with E-state index >= 15 is 0 Å². The number of aromatic nitrogens is 2. The van der Waals surface area contributed by atoms with Gasteiger partial charge in [-0.2, -0.15) is 0 Å². The van der Waals surface area contributed by atoms with Crippen LogP contribution in [0.3, 0.4) is 0 Å². The maximum Gasteiger partial charge on any atom is 0.410 e. The van der Waals surface area contributed by atoms with Crippen LogP contribution in [0, 0.1) is 0 Å². The molecule has 0 radical (unpaired) electrons. The molecule has 1 aliphatic carbocycles. The molecule has 1 saturated carbocycles. The zero-order valence-corrected chi connectivity index (χ0v) is 26.6. The molecule has 0 N–H and O–H groups in total. The number of benzene rings is 2. The van der Waals surface area contributed by atoms with Gasteiger partial charge < -0.3 is 19.3 Å². The van der Waals surface area contributed by atoms with Crippen molar-refractivity contribution in [1.82, 2.24) is 14.9 Å². The van der Waals surface area contributed by atoms with Crippen molar-refractivity contribution in [2.45, 2.75) is 82.7 Å². The molecule has 3 aromatic rings. The molecule has 1 saturated heterocycles. The highest BCUT2D eigenvalue weighted by Crippen LogP contribution is 2.50. The zero-order chi connectivity index (χ0) is 28.6. The van der Waals surface area contributed by atoms with Gasteiger partial charge in [0.05, 0.1) is 4.47 Å². The molecule has 5 rings (SSSR count). The second-order valence-electron chi connectivity index (χ2n) is 11.7. The Kier molecular flexibility index (Phi) is 8.53. The molecule has 214 valence electrons. The number of likely N-dealkylation sites (tertiary alicyclic amines) is 1. The van der Waals surface area contributed by atoms with Crippen LogP contribution in [0.2, 0.25) is 0 Å². The summed E-state index contributed by atoms with van der Waals surface area (Å²) in [5.41, 5.74) is 2.66. The summed E-state index contributed by atoms with van der Waals surface area (Å²) in [6, 6.07) is 12.6. The highest BCUT2D eigenvalue weighted by Gasteiger charge is 2.35.